The molecule has 1 amide bonds. The lowest BCUT2D eigenvalue weighted by Gasteiger charge is -2.69. The van der Waals surface area contributed by atoms with Gasteiger partial charge in [0.25, 0.3) is 0 Å². The second-order valence-corrected chi connectivity index (χ2v) is 8.20. The first-order valence-corrected chi connectivity index (χ1v) is 9.13. The number of aromatic nitrogens is 2. The highest BCUT2D eigenvalue weighted by Gasteiger charge is 2.73. The van der Waals surface area contributed by atoms with Crippen LogP contribution in [0.4, 0.5) is 14.6 Å². The molecule has 3 aliphatic carbocycles. The minimum atomic E-state index is -0.658. The fourth-order valence-corrected chi connectivity index (χ4v) is 5.18. The Bertz CT molecular complexity index is 1010. The maximum Gasteiger partial charge on any atom is 0.249 e. The minimum Gasteiger partial charge on any atom is -0.363 e. The zero-order valence-electron chi connectivity index (χ0n) is 15.0. The zero-order chi connectivity index (χ0) is 19.5. The largest absolute Gasteiger partial charge is 0.363 e. The zero-order valence-corrected chi connectivity index (χ0v) is 15.0. The third kappa shape index (κ3) is 2.39. The van der Waals surface area contributed by atoms with Crippen LogP contribution in [0.1, 0.15) is 37.3 Å². The summed E-state index contributed by atoms with van der Waals surface area (Å²) in [5.74, 6) is -0.888. The Kier molecular flexibility index (Phi) is 3.48. The summed E-state index contributed by atoms with van der Waals surface area (Å²) in [5, 5.41) is 5.61. The molecule has 4 aliphatic rings. The van der Waals surface area contributed by atoms with Crippen LogP contribution in [-0.2, 0) is 11.3 Å². The van der Waals surface area contributed by atoms with Crippen LogP contribution in [0.15, 0.2) is 35.8 Å². The number of hydrogen-bond donors (Lipinski definition) is 0. The molecular weight excluding hydrogens is 364 g/mol. The van der Waals surface area contributed by atoms with Gasteiger partial charge in [-0.05, 0) is 37.0 Å². The quantitative estimate of drug-likeness (QED) is 0.756. The topological polar surface area (TPSA) is 54.9 Å². The molecule has 8 heteroatoms. The fourth-order valence-electron chi connectivity index (χ4n) is 5.18. The third-order valence-corrected chi connectivity index (χ3v) is 6.21. The molecule has 2 bridgehead atoms. The fraction of sp³-hybridized carbons (Fsp3) is 0.400. The monoisotopic (exact) mass is 381 g/mol. The van der Waals surface area contributed by atoms with E-state index in [0.717, 1.165) is 25.3 Å². The number of imidazole rings is 1. The normalized spacial score (nSPS) is 29.9. The highest BCUT2D eigenvalue weighted by molar-refractivity contribution is 5.88. The summed E-state index contributed by atoms with van der Waals surface area (Å²) in [4.78, 5) is 20.6. The molecule has 3 saturated carbocycles. The number of rotatable bonds is 4. The number of hydrogen-bond acceptors (Lipinski definition) is 3. The molecule has 6 rings (SSSR count). The van der Waals surface area contributed by atoms with Crippen molar-refractivity contribution in [1.29, 1.82) is 0 Å². The molecular formula is C20H17F2N5O. The summed E-state index contributed by atoms with van der Waals surface area (Å²) in [7, 11) is 0. The Hall–Kier alpha value is -3.08. The van der Waals surface area contributed by atoms with Crippen molar-refractivity contribution in [2.75, 3.05) is 0 Å². The number of carbonyl (C=O) groups excluding carboxylic acids is 1. The van der Waals surface area contributed by atoms with E-state index in [0.29, 0.717) is 24.3 Å². The molecule has 2 heterocycles. The summed E-state index contributed by atoms with van der Waals surface area (Å²) in [5.41, 5.74) is 0.00874. The van der Waals surface area contributed by atoms with E-state index in [1.807, 2.05) is 4.57 Å². The van der Waals surface area contributed by atoms with Crippen molar-refractivity contribution in [3.8, 4) is 0 Å². The molecule has 2 aromatic rings. The highest BCUT2D eigenvalue weighted by Crippen LogP contribution is 2.74. The van der Waals surface area contributed by atoms with Gasteiger partial charge >= 0.3 is 0 Å². The van der Waals surface area contributed by atoms with Crippen LogP contribution in [0, 0.1) is 29.0 Å². The molecule has 142 valence electrons. The van der Waals surface area contributed by atoms with Gasteiger partial charge in [-0.2, -0.15) is 5.10 Å². The summed E-state index contributed by atoms with van der Waals surface area (Å²) in [6, 6.07) is 2.88. The van der Waals surface area contributed by atoms with Gasteiger partial charge in [0.1, 0.15) is 11.6 Å². The standard InChI is InChI=1S/C20H17F2N5O/c1-23-17-7-24-12-26(17)11-19-8-20(9-19,10-19)18(28)27-16(2-3-25-27)13-4-14(21)6-15(22)5-13/h3-7,12,16H,2,8-11H2. The lowest BCUT2D eigenvalue weighted by molar-refractivity contribution is -0.222. The summed E-state index contributed by atoms with van der Waals surface area (Å²) >= 11 is 0. The molecule has 1 atom stereocenters. The molecule has 6 nitrogen and oxygen atoms in total. The first kappa shape index (κ1) is 17.0. The van der Waals surface area contributed by atoms with Crippen molar-refractivity contribution in [1.82, 2.24) is 14.6 Å². The van der Waals surface area contributed by atoms with Crippen molar-refractivity contribution < 1.29 is 13.6 Å². The van der Waals surface area contributed by atoms with E-state index in [1.165, 1.54) is 17.1 Å². The second kappa shape index (κ2) is 5.71. The number of hydrazone groups is 1. The number of halogens is 2. The van der Waals surface area contributed by atoms with Gasteiger partial charge in [0.2, 0.25) is 11.7 Å². The van der Waals surface area contributed by atoms with Gasteiger partial charge in [-0.25, -0.2) is 18.8 Å². The molecule has 3 fully saturated rings. The van der Waals surface area contributed by atoms with Crippen LogP contribution < -0.4 is 0 Å². The smallest absolute Gasteiger partial charge is 0.249 e. The summed E-state index contributed by atoms with van der Waals surface area (Å²) in [6.45, 7) is 7.87. The molecule has 0 saturated heterocycles. The van der Waals surface area contributed by atoms with Gasteiger partial charge in [-0.1, -0.05) is 6.57 Å². The molecule has 0 N–H and O–H groups in total. The third-order valence-electron chi connectivity index (χ3n) is 6.21. The van der Waals surface area contributed by atoms with Crippen molar-refractivity contribution >= 4 is 17.9 Å². The Morgan fingerprint density at radius 1 is 1.25 bits per heavy atom. The van der Waals surface area contributed by atoms with Gasteiger partial charge in [-0.3, -0.25) is 9.36 Å². The Balaban J connectivity index is 1.30. The molecule has 1 unspecified atom stereocenters. The lowest BCUT2D eigenvalue weighted by atomic mass is 9.34. The number of amides is 1. The maximum atomic E-state index is 13.6. The molecule has 28 heavy (non-hydrogen) atoms. The molecule has 0 radical (unpaired) electrons. The van der Waals surface area contributed by atoms with Gasteiger partial charge < -0.3 is 4.85 Å². The maximum absolute atomic E-state index is 13.6. The van der Waals surface area contributed by atoms with Crippen LogP contribution in [-0.4, -0.2) is 26.7 Å². The van der Waals surface area contributed by atoms with Crippen LogP contribution in [0.25, 0.3) is 4.85 Å². The highest BCUT2D eigenvalue weighted by atomic mass is 19.1. The van der Waals surface area contributed by atoms with Gasteiger partial charge in [0, 0.05) is 24.1 Å². The second-order valence-electron chi connectivity index (χ2n) is 8.20. The summed E-state index contributed by atoms with van der Waals surface area (Å²) < 4.78 is 29.1. The van der Waals surface area contributed by atoms with Gasteiger partial charge in [0.15, 0.2) is 6.33 Å². The lowest BCUT2D eigenvalue weighted by Crippen LogP contribution is -2.68. The van der Waals surface area contributed by atoms with Crippen LogP contribution in [0.5, 0.6) is 0 Å². The van der Waals surface area contributed by atoms with E-state index in [1.54, 1.807) is 18.7 Å². The SMILES string of the molecule is [C-]#[N+]c1cncn1CC12CC(C(=O)N3N=CCC3c3cc(F)cc(F)c3)(C1)C2. The van der Waals surface area contributed by atoms with E-state index in [4.69, 9.17) is 6.57 Å². The van der Waals surface area contributed by atoms with Gasteiger partial charge in [-0.15, -0.1) is 0 Å². The summed E-state index contributed by atoms with van der Waals surface area (Å²) in [6.07, 6.45) is 7.49. The van der Waals surface area contributed by atoms with Crippen LogP contribution >= 0.6 is 0 Å². The van der Waals surface area contributed by atoms with E-state index < -0.39 is 23.1 Å². The van der Waals surface area contributed by atoms with Crippen molar-refractivity contribution in [2.24, 2.45) is 15.9 Å². The Morgan fingerprint density at radius 2 is 1.96 bits per heavy atom. The average Bonchev–Trinajstić information content (AvgIpc) is 3.24. The molecule has 0 spiro atoms. The predicted octanol–water partition coefficient (Wildman–Crippen LogP) is 3.84. The Morgan fingerprint density at radius 3 is 2.64 bits per heavy atom. The van der Waals surface area contributed by atoms with E-state index >= 15 is 0 Å². The number of benzene rings is 1. The van der Waals surface area contributed by atoms with Crippen molar-refractivity contribution in [3.05, 3.63) is 59.3 Å². The van der Waals surface area contributed by atoms with E-state index in [-0.39, 0.29) is 11.3 Å². The Labute approximate surface area is 160 Å². The van der Waals surface area contributed by atoms with Crippen molar-refractivity contribution in [2.45, 2.75) is 38.3 Å². The van der Waals surface area contributed by atoms with E-state index in [2.05, 4.69) is 14.9 Å². The molecule has 1 aliphatic heterocycles. The predicted molar refractivity (Wildman–Crippen MR) is 96.3 cm³/mol. The van der Waals surface area contributed by atoms with Crippen LogP contribution in [0.3, 0.4) is 0 Å². The first-order valence-electron chi connectivity index (χ1n) is 9.13. The minimum absolute atomic E-state index is 0.0275. The van der Waals surface area contributed by atoms with E-state index in [9.17, 15) is 13.6 Å². The number of nitrogens with zero attached hydrogens (tertiary/aromatic N) is 5. The number of carbonyl (C=O) groups is 1. The van der Waals surface area contributed by atoms with Gasteiger partial charge in [0.05, 0.1) is 24.2 Å². The molecule has 1 aromatic heterocycles. The first-order chi connectivity index (χ1) is 13.4. The van der Waals surface area contributed by atoms with Crippen molar-refractivity contribution in [3.63, 3.8) is 0 Å². The average molecular weight is 381 g/mol. The molecule has 1 aromatic carbocycles. The van der Waals surface area contributed by atoms with Crippen LogP contribution in [0.2, 0.25) is 0 Å².